The van der Waals surface area contributed by atoms with Crippen molar-refractivity contribution in [1.29, 1.82) is 5.53 Å². The fraction of sp³-hybridized carbons (Fsp3) is 0.727. The molecule has 0 amide bonds. The van der Waals surface area contributed by atoms with Crippen LogP contribution in [0.15, 0.2) is 22.1 Å². The Labute approximate surface area is 170 Å². The maximum Gasteiger partial charge on any atom is 0.148 e. The Morgan fingerprint density at radius 3 is 2.11 bits per heavy atom. The van der Waals surface area contributed by atoms with Crippen LogP contribution < -0.4 is 9.47 Å². The van der Waals surface area contributed by atoms with Crippen LogP contribution in [0.3, 0.4) is 0 Å². The topological polar surface area (TPSA) is 54.7 Å². The van der Waals surface area contributed by atoms with Crippen LogP contribution in [0.25, 0.3) is 0 Å². The molecule has 1 rings (SSSR count). The summed E-state index contributed by atoms with van der Waals surface area (Å²) in [5.41, 5.74) is 8.06. The van der Waals surface area contributed by atoms with Crippen molar-refractivity contribution in [2.75, 3.05) is 19.0 Å². The van der Waals surface area contributed by atoms with Crippen molar-refractivity contribution in [1.82, 2.24) is 0 Å². The van der Waals surface area contributed by atoms with Gasteiger partial charge >= 0.3 is 0 Å². The highest BCUT2D eigenvalue weighted by atomic mass is 32.2. The second-order valence-corrected chi connectivity index (χ2v) is 8.07. The van der Waals surface area contributed by atoms with Gasteiger partial charge in [0.15, 0.2) is 0 Å². The van der Waals surface area contributed by atoms with E-state index < -0.39 is 0 Å². The lowest BCUT2D eigenvalue weighted by Gasteiger charge is -2.18. The molecule has 0 aromatic heterocycles. The number of rotatable bonds is 16. The first-order valence-electron chi connectivity index (χ1n) is 10.6. The standard InChI is InChI=1S/C22H38N2O2S/c1-5-9-12-18(8-4)17-27-22-16-20(25-13-10-6-2)19(24-23)15-21(22)26-14-11-7-3/h15-16,18,23H,5-14,17H2,1-4H3. The molecule has 0 spiro atoms. The summed E-state index contributed by atoms with van der Waals surface area (Å²) in [6.07, 6.45) is 9.26. The molecule has 0 bridgehead atoms. The molecule has 4 nitrogen and oxygen atoms in total. The van der Waals surface area contributed by atoms with Gasteiger partial charge in [-0.25, -0.2) is 5.53 Å². The van der Waals surface area contributed by atoms with Crippen molar-refractivity contribution in [3.05, 3.63) is 12.1 Å². The second kappa shape index (κ2) is 14.8. The van der Waals surface area contributed by atoms with Gasteiger partial charge in [0, 0.05) is 11.8 Å². The number of hydrogen-bond acceptors (Lipinski definition) is 5. The van der Waals surface area contributed by atoms with Crippen molar-refractivity contribution in [2.45, 2.75) is 84.0 Å². The zero-order valence-electron chi connectivity index (χ0n) is 17.7. The van der Waals surface area contributed by atoms with Crippen LogP contribution >= 0.6 is 11.8 Å². The molecular weight excluding hydrogens is 356 g/mol. The van der Waals surface area contributed by atoms with Crippen LogP contribution in [0.1, 0.15) is 79.1 Å². The second-order valence-electron chi connectivity index (χ2n) is 7.01. The Morgan fingerprint density at radius 1 is 0.926 bits per heavy atom. The third-order valence-corrected chi connectivity index (χ3v) is 5.94. The van der Waals surface area contributed by atoms with E-state index in [-0.39, 0.29) is 0 Å². The monoisotopic (exact) mass is 394 g/mol. The summed E-state index contributed by atoms with van der Waals surface area (Å²) in [6, 6.07) is 3.90. The van der Waals surface area contributed by atoms with E-state index in [1.807, 2.05) is 23.9 Å². The SMILES string of the molecule is CCCCOc1cc(SCC(CC)CCCC)c(OCCCC)cc1N=N. The normalized spacial score (nSPS) is 12.0. The molecule has 0 saturated carbocycles. The van der Waals surface area contributed by atoms with Crippen molar-refractivity contribution in [3.8, 4) is 11.5 Å². The minimum absolute atomic E-state index is 0.556. The van der Waals surface area contributed by atoms with E-state index >= 15 is 0 Å². The summed E-state index contributed by atoms with van der Waals surface area (Å²) in [5.74, 6) is 3.35. The molecule has 0 saturated heterocycles. The van der Waals surface area contributed by atoms with Crippen molar-refractivity contribution in [2.24, 2.45) is 11.0 Å². The van der Waals surface area contributed by atoms with Crippen LogP contribution in [0.4, 0.5) is 5.69 Å². The predicted molar refractivity (Wildman–Crippen MR) is 116 cm³/mol. The van der Waals surface area contributed by atoms with Crippen LogP contribution in [0.2, 0.25) is 0 Å². The minimum Gasteiger partial charge on any atom is -0.492 e. The lowest BCUT2D eigenvalue weighted by Crippen LogP contribution is -2.04. The Morgan fingerprint density at radius 2 is 1.56 bits per heavy atom. The first-order chi connectivity index (χ1) is 13.2. The van der Waals surface area contributed by atoms with Crippen LogP contribution in [-0.4, -0.2) is 19.0 Å². The summed E-state index contributed by atoms with van der Waals surface area (Å²) in [4.78, 5) is 1.11. The largest absolute Gasteiger partial charge is 0.492 e. The molecule has 0 aliphatic rings. The van der Waals surface area contributed by atoms with Crippen LogP contribution in [0.5, 0.6) is 11.5 Å². The van der Waals surface area contributed by atoms with E-state index in [0.29, 0.717) is 24.7 Å². The lowest BCUT2D eigenvalue weighted by atomic mass is 10.0. The van der Waals surface area contributed by atoms with Gasteiger partial charge < -0.3 is 9.47 Å². The highest BCUT2D eigenvalue weighted by Gasteiger charge is 2.15. The molecule has 0 radical (unpaired) electrons. The third-order valence-electron chi connectivity index (χ3n) is 4.67. The molecule has 0 heterocycles. The summed E-state index contributed by atoms with van der Waals surface area (Å²) >= 11 is 1.85. The van der Waals surface area contributed by atoms with Gasteiger partial charge in [0.1, 0.15) is 17.2 Å². The fourth-order valence-corrected chi connectivity index (χ4v) is 3.99. The van der Waals surface area contributed by atoms with Gasteiger partial charge in [0.05, 0.1) is 18.1 Å². The molecule has 27 heavy (non-hydrogen) atoms. The summed E-state index contributed by atoms with van der Waals surface area (Å²) in [5, 5.41) is 3.67. The zero-order chi connectivity index (χ0) is 19.9. The minimum atomic E-state index is 0.556. The summed E-state index contributed by atoms with van der Waals surface area (Å²) in [7, 11) is 0. The maximum absolute atomic E-state index is 7.50. The first kappa shape index (κ1) is 23.8. The molecule has 154 valence electrons. The summed E-state index contributed by atoms with van der Waals surface area (Å²) < 4.78 is 11.9. The Bertz CT molecular complexity index is 537. The maximum atomic E-state index is 7.50. The zero-order valence-corrected chi connectivity index (χ0v) is 18.5. The predicted octanol–water partition coefficient (Wildman–Crippen LogP) is 8.02. The van der Waals surface area contributed by atoms with Gasteiger partial charge in [-0.05, 0) is 31.2 Å². The number of unbranched alkanes of at least 4 members (excludes halogenated alkanes) is 3. The number of nitrogens with zero attached hydrogens (tertiary/aromatic N) is 1. The van der Waals surface area contributed by atoms with Crippen LogP contribution in [-0.2, 0) is 0 Å². The number of nitrogens with one attached hydrogen (secondary N) is 1. The average molecular weight is 395 g/mol. The molecule has 0 fully saturated rings. The molecule has 1 N–H and O–H groups in total. The summed E-state index contributed by atoms with van der Waals surface area (Å²) in [6.45, 7) is 10.2. The van der Waals surface area contributed by atoms with E-state index in [4.69, 9.17) is 15.0 Å². The molecular formula is C22H38N2O2S. The van der Waals surface area contributed by atoms with Crippen LogP contribution in [0, 0.1) is 11.4 Å². The van der Waals surface area contributed by atoms with Crippen molar-refractivity contribution < 1.29 is 9.47 Å². The van der Waals surface area contributed by atoms with Gasteiger partial charge in [0.2, 0.25) is 0 Å². The van der Waals surface area contributed by atoms with E-state index in [1.165, 1.54) is 25.7 Å². The van der Waals surface area contributed by atoms with E-state index in [1.54, 1.807) is 0 Å². The molecule has 0 aliphatic carbocycles. The van der Waals surface area contributed by atoms with Crippen molar-refractivity contribution >= 4 is 17.4 Å². The Balaban J connectivity index is 2.95. The van der Waals surface area contributed by atoms with Gasteiger partial charge in [0.25, 0.3) is 0 Å². The highest BCUT2D eigenvalue weighted by molar-refractivity contribution is 7.99. The van der Waals surface area contributed by atoms with Gasteiger partial charge in [-0.1, -0.05) is 59.8 Å². The fourth-order valence-electron chi connectivity index (χ4n) is 2.72. The molecule has 1 aromatic rings. The Hall–Kier alpha value is -1.23. The van der Waals surface area contributed by atoms with Gasteiger partial charge in [-0.3, -0.25) is 0 Å². The van der Waals surface area contributed by atoms with Crippen molar-refractivity contribution in [3.63, 3.8) is 0 Å². The molecule has 5 heteroatoms. The third kappa shape index (κ3) is 9.00. The molecule has 1 unspecified atom stereocenters. The molecule has 1 atom stereocenters. The number of ether oxygens (including phenoxy) is 2. The first-order valence-corrected chi connectivity index (χ1v) is 11.6. The quantitative estimate of drug-likeness (QED) is 0.175. The van der Waals surface area contributed by atoms with Gasteiger partial charge in [-0.2, -0.15) is 5.11 Å². The smallest absolute Gasteiger partial charge is 0.148 e. The molecule has 0 aliphatic heterocycles. The van der Waals surface area contributed by atoms with E-state index in [0.717, 1.165) is 48.0 Å². The van der Waals surface area contributed by atoms with E-state index in [9.17, 15) is 0 Å². The number of benzene rings is 1. The molecule has 1 aromatic carbocycles. The van der Waals surface area contributed by atoms with Gasteiger partial charge in [-0.15, -0.1) is 11.8 Å². The average Bonchev–Trinajstić information content (AvgIpc) is 2.69. The lowest BCUT2D eigenvalue weighted by molar-refractivity contribution is 0.295. The van der Waals surface area contributed by atoms with E-state index in [2.05, 4.69) is 32.8 Å². The number of hydrogen-bond donors (Lipinski definition) is 1. The highest BCUT2D eigenvalue weighted by Crippen LogP contribution is 2.41. The Kier molecular flexibility index (Phi) is 13.0. The number of thioether (sulfide) groups is 1.